The molecule has 0 fully saturated rings. The van der Waals surface area contributed by atoms with Crippen LogP contribution in [0.2, 0.25) is 0 Å². The van der Waals surface area contributed by atoms with Crippen LogP contribution >= 0.6 is 0 Å². The zero-order chi connectivity index (χ0) is 7.11. The first-order valence-electron chi connectivity index (χ1n) is 3.63. The monoisotopic (exact) mass is 147 g/mol. The average Bonchev–Trinajstić information content (AvgIpc) is 1.91. The van der Waals surface area contributed by atoms with Gasteiger partial charge in [0.25, 0.3) is 0 Å². The Hall–Kier alpha value is 0.0200. The van der Waals surface area contributed by atoms with Crippen LogP contribution in [0.15, 0.2) is 0 Å². The molecule has 54 valence electrons. The van der Waals surface area contributed by atoms with Gasteiger partial charge in [-0.25, -0.2) is 0 Å². The van der Waals surface area contributed by atoms with E-state index in [1.165, 1.54) is 12.8 Å². The predicted octanol–water partition coefficient (Wildman–Crippen LogP) is 2.38. The molecular formula is C7H15OS+. The minimum Gasteiger partial charge on any atom is -0.0654 e. The molecule has 1 atom stereocenters. The average molecular weight is 147 g/mol. The summed E-state index contributed by atoms with van der Waals surface area (Å²) in [6.07, 6.45) is 4.53. The summed E-state index contributed by atoms with van der Waals surface area (Å²) in [5.41, 5.74) is 0. The van der Waals surface area contributed by atoms with Gasteiger partial charge < -0.3 is 0 Å². The van der Waals surface area contributed by atoms with Crippen molar-refractivity contribution in [2.45, 2.75) is 44.8 Å². The third-order valence-corrected chi connectivity index (χ3v) is 2.31. The molecule has 0 aromatic heterocycles. The smallest absolute Gasteiger partial charge is 0.0654 e. The van der Waals surface area contributed by atoms with Crippen LogP contribution in [0, 0.1) is 0 Å². The summed E-state index contributed by atoms with van der Waals surface area (Å²) >= 11 is 0.760. The molecule has 0 amide bonds. The van der Waals surface area contributed by atoms with Gasteiger partial charge in [0.05, 0.1) is 0 Å². The highest BCUT2D eigenvalue weighted by Crippen LogP contribution is 2.04. The van der Waals surface area contributed by atoms with Crippen molar-refractivity contribution in [1.29, 1.82) is 0 Å². The van der Waals surface area contributed by atoms with Crippen molar-refractivity contribution in [1.82, 2.24) is 0 Å². The fraction of sp³-hybridized carbons (Fsp3) is 1.00. The molecule has 0 aromatic rings. The van der Waals surface area contributed by atoms with Crippen molar-refractivity contribution in [3.63, 3.8) is 0 Å². The van der Waals surface area contributed by atoms with E-state index in [0.717, 1.165) is 24.5 Å². The second kappa shape index (κ2) is 6.14. The number of hydrogen-bond donors (Lipinski definition) is 0. The second-order valence-corrected chi connectivity index (χ2v) is 3.13. The van der Waals surface area contributed by atoms with Gasteiger partial charge in [-0.15, -0.1) is 0 Å². The molecule has 0 bridgehead atoms. The van der Waals surface area contributed by atoms with Crippen LogP contribution in [-0.4, -0.2) is 5.25 Å². The summed E-state index contributed by atoms with van der Waals surface area (Å²) in [5, 5.41) is 0.366. The topological polar surface area (TPSA) is 17.1 Å². The van der Waals surface area contributed by atoms with Crippen molar-refractivity contribution >= 4 is 11.7 Å². The van der Waals surface area contributed by atoms with Crippen molar-refractivity contribution in [2.75, 3.05) is 0 Å². The van der Waals surface area contributed by atoms with Crippen LogP contribution in [0.5, 0.6) is 0 Å². The quantitative estimate of drug-likeness (QED) is 0.546. The first-order valence-corrected chi connectivity index (χ1v) is 4.44. The van der Waals surface area contributed by atoms with Gasteiger partial charge in [0.1, 0.15) is 0 Å². The van der Waals surface area contributed by atoms with E-state index in [-0.39, 0.29) is 0 Å². The van der Waals surface area contributed by atoms with Gasteiger partial charge in [-0.1, -0.05) is 20.3 Å². The van der Waals surface area contributed by atoms with Gasteiger partial charge in [-0.3, -0.25) is 0 Å². The lowest BCUT2D eigenvalue weighted by atomic mass is 10.2. The van der Waals surface area contributed by atoms with Crippen LogP contribution in [0.3, 0.4) is 0 Å². The summed E-state index contributed by atoms with van der Waals surface area (Å²) in [7, 11) is 0. The summed E-state index contributed by atoms with van der Waals surface area (Å²) < 4.78 is 10.3. The maximum atomic E-state index is 10.3. The van der Waals surface area contributed by atoms with Crippen LogP contribution in [0.1, 0.15) is 39.5 Å². The molecule has 0 aliphatic rings. The molecular weight excluding hydrogens is 132 g/mol. The van der Waals surface area contributed by atoms with Gasteiger partial charge in [0.15, 0.2) is 0 Å². The Morgan fingerprint density at radius 2 is 2.11 bits per heavy atom. The summed E-state index contributed by atoms with van der Waals surface area (Å²) in [4.78, 5) is 0. The molecule has 1 nitrogen and oxygen atoms in total. The Kier molecular flexibility index (Phi) is 6.16. The molecule has 0 saturated carbocycles. The van der Waals surface area contributed by atoms with Gasteiger partial charge in [-0.2, -0.15) is 0 Å². The van der Waals surface area contributed by atoms with Gasteiger partial charge in [0, 0.05) is 17.1 Å². The SMILES string of the molecule is CCCCC(CC)[S+]=O. The van der Waals surface area contributed by atoms with E-state index in [1.54, 1.807) is 0 Å². The Balaban J connectivity index is 3.20. The Morgan fingerprint density at radius 3 is 2.44 bits per heavy atom. The number of rotatable bonds is 5. The first-order chi connectivity index (χ1) is 4.35. The highest BCUT2D eigenvalue weighted by atomic mass is 32.1. The van der Waals surface area contributed by atoms with Gasteiger partial charge >= 0.3 is 11.7 Å². The minimum absolute atomic E-state index is 0.366. The van der Waals surface area contributed by atoms with Crippen LogP contribution in [0.4, 0.5) is 0 Å². The fourth-order valence-corrected chi connectivity index (χ4v) is 1.15. The zero-order valence-electron chi connectivity index (χ0n) is 6.22. The zero-order valence-corrected chi connectivity index (χ0v) is 7.04. The molecule has 0 N–H and O–H groups in total. The van der Waals surface area contributed by atoms with Crippen LogP contribution in [0.25, 0.3) is 0 Å². The molecule has 0 aliphatic carbocycles. The van der Waals surface area contributed by atoms with E-state index in [0.29, 0.717) is 5.25 Å². The minimum atomic E-state index is 0.366. The van der Waals surface area contributed by atoms with E-state index in [1.807, 2.05) is 0 Å². The van der Waals surface area contributed by atoms with Gasteiger partial charge in [0.2, 0.25) is 5.25 Å². The highest BCUT2D eigenvalue weighted by Gasteiger charge is 2.16. The summed E-state index contributed by atoms with van der Waals surface area (Å²) in [6.45, 7) is 4.23. The van der Waals surface area contributed by atoms with E-state index in [4.69, 9.17) is 0 Å². The van der Waals surface area contributed by atoms with Crippen molar-refractivity contribution in [3.8, 4) is 0 Å². The number of unbranched alkanes of at least 4 members (excludes halogenated alkanes) is 1. The highest BCUT2D eigenvalue weighted by molar-refractivity contribution is 7.66. The molecule has 0 heterocycles. The lowest BCUT2D eigenvalue weighted by Gasteiger charge is -1.92. The third-order valence-electron chi connectivity index (χ3n) is 1.47. The van der Waals surface area contributed by atoms with E-state index in [9.17, 15) is 4.21 Å². The van der Waals surface area contributed by atoms with Crippen LogP contribution in [-0.2, 0) is 15.9 Å². The normalized spacial score (nSPS) is 13.1. The predicted molar refractivity (Wildman–Crippen MR) is 41.7 cm³/mol. The Bertz CT molecular complexity index is 73.3. The Morgan fingerprint density at radius 1 is 1.44 bits per heavy atom. The molecule has 0 aliphatic heterocycles. The van der Waals surface area contributed by atoms with E-state index >= 15 is 0 Å². The van der Waals surface area contributed by atoms with Crippen molar-refractivity contribution in [2.24, 2.45) is 0 Å². The Labute approximate surface area is 61.3 Å². The molecule has 2 heteroatoms. The molecule has 0 radical (unpaired) electrons. The van der Waals surface area contributed by atoms with Crippen molar-refractivity contribution in [3.05, 3.63) is 0 Å². The molecule has 0 saturated heterocycles. The first kappa shape index (κ1) is 9.02. The van der Waals surface area contributed by atoms with E-state index < -0.39 is 0 Å². The summed E-state index contributed by atoms with van der Waals surface area (Å²) in [5.74, 6) is 0. The van der Waals surface area contributed by atoms with Crippen molar-refractivity contribution < 1.29 is 4.21 Å². The molecule has 0 spiro atoms. The lowest BCUT2D eigenvalue weighted by molar-refractivity contribution is 0.584. The molecule has 1 unspecified atom stereocenters. The van der Waals surface area contributed by atoms with Crippen LogP contribution < -0.4 is 0 Å². The molecule has 9 heavy (non-hydrogen) atoms. The van der Waals surface area contributed by atoms with E-state index in [2.05, 4.69) is 13.8 Å². The summed E-state index contributed by atoms with van der Waals surface area (Å²) in [6, 6.07) is 0. The number of hydrogen-bond acceptors (Lipinski definition) is 1. The second-order valence-electron chi connectivity index (χ2n) is 2.27. The maximum absolute atomic E-state index is 10.3. The third kappa shape index (κ3) is 4.52. The fourth-order valence-electron chi connectivity index (χ4n) is 0.752. The molecule has 0 aromatic carbocycles. The maximum Gasteiger partial charge on any atom is 0.462 e. The molecule has 0 rings (SSSR count). The standard InChI is InChI=1S/C7H15OS/c1-3-5-6-7(4-2)9-8/h7H,3-6H2,1-2H3/q+1. The van der Waals surface area contributed by atoms with Gasteiger partial charge in [-0.05, 0) is 6.42 Å². The lowest BCUT2D eigenvalue weighted by Crippen LogP contribution is -2.02. The largest absolute Gasteiger partial charge is 0.462 e.